The number of aromatic nitrogens is 1. The van der Waals surface area contributed by atoms with E-state index in [1.54, 1.807) is 27.9 Å². The molecule has 248 valence electrons. The van der Waals surface area contributed by atoms with Gasteiger partial charge in [-0.15, -0.1) is 0 Å². The minimum absolute atomic E-state index is 0.0467. The number of ether oxygens (including phenoxy) is 3. The Balaban J connectivity index is 1.72. The highest BCUT2D eigenvalue weighted by Crippen LogP contribution is 2.38. The lowest BCUT2D eigenvalue weighted by molar-refractivity contribution is -0.124. The second-order valence-corrected chi connectivity index (χ2v) is 12.9. The maximum Gasteiger partial charge on any atom is 0.408 e. The molecule has 0 saturated heterocycles. The third-order valence-corrected chi connectivity index (χ3v) is 7.68. The molecule has 0 saturated carbocycles. The van der Waals surface area contributed by atoms with Crippen molar-refractivity contribution in [1.29, 1.82) is 5.26 Å². The Hall–Kier alpha value is -5.56. The summed E-state index contributed by atoms with van der Waals surface area (Å²) in [5, 5.41) is 16.0. The van der Waals surface area contributed by atoms with Crippen LogP contribution in [0.25, 0.3) is 11.6 Å². The maximum absolute atomic E-state index is 13.9. The Bertz CT molecular complexity index is 1850. The minimum atomic E-state index is -1.01. The van der Waals surface area contributed by atoms with Crippen molar-refractivity contribution >= 4 is 23.6 Å². The molecule has 5 rings (SSSR count). The van der Waals surface area contributed by atoms with Crippen LogP contribution in [0.15, 0.2) is 77.2 Å². The summed E-state index contributed by atoms with van der Waals surface area (Å²) in [7, 11) is 1.58. The molecule has 0 unspecified atom stereocenters. The Morgan fingerprint density at radius 3 is 2.50 bits per heavy atom. The number of nitriles is 1. The van der Waals surface area contributed by atoms with Gasteiger partial charge < -0.3 is 29.3 Å². The number of nitrogens with one attached hydrogen (secondary N) is 2. The maximum atomic E-state index is 13.9. The van der Waals surface area contributed by atoms with Crippen LogP contribution in [-0.4, -0.2) is 35.7 Å². The summed E-state index contributed by atoms with van der Waals surface area (Å²) in [6, 6.07) is 23.3. The molecule has 4 aromatic rings. The number of carbonyl (C=O) groups is 2. The number of fused-ring (bicyclic) bond motifs is 4. The van der Waals surface area contributed by atoms with E-state index < -0.39 is 29.7 Å². The molecular formula is C38H40N4O6. The van der Waals surface area contributed by atoms with Crippen LogP contribution >= 0.6 is 0 Å². The lowest BCUT2D eigenvalue weighted by Gasteiger charge is -2.26. The number of alkyl carbamates (subject to hydrolysis) is 1. The molecular weight excluding hydrogens is 608 g/mol. The first kappa shape index (κ1) is 33.8. The lowest BCUT2D eigenvalue weighted by Crippen LogP contribution is -2.50. The van der Waals surface area contributed by atoms with E-state index in [4.69, 9.17) is 18.6 Å². The first-order chi connectivity index (χ1) is 23.0. The molecule has 2 amide bonds. The van der Waals surface area contributed by atoms with E-state index in [0.717, 1.165) is 11.1 Å². The molecule has 0 fully saturated rings. The molecule has 0 aliphatic carbocycles. The van der Waals surface area contributed by atoms with Crippen LogP contribution in [0.3, 0.4) is 0 Å². The van der Waals surface area contributed by atoms with Crippen LogP contribution in [0.2, 0.25) is 0 Å². The highest BCUT2D eigenvalue weighted by Gasteiger charge is 2.32. The zero-order chi connectivity index (χ0) is 34.4. The molecule has 4 bridgehead atoms. The molecule has 0 radical (unpaired) electrons. The summed E-state index contributed by atoms with van der Waals surface area (Å²) in [5.41, 5.74) is 2.88. The molecule has 10 heteroatoms. The molecule has 10 nitrogen and oxygen atoms in total. The van der Waals surface area contributed by atoms with Crippen LogP contribution in [0, 0.1) is 17.2 Å². The molecule has 48 heavy (non-hydrogen) atoms. The van der Waals surface area contributed by atoms with Gasteiger partial charge in [0.25, 0.3) is 0 Å². The number of oxazole rings is 1. The molecule has 1 aliphatic heterocycles. The Kier molecular flexibility index (Phi) is 10.2. The number of benzene rings is 3. The number of amides is 2. The first-order valence-corrected chi connectivity index (χ1v) is 15.8. The quantitative estimate of drug-likeness (QED) is 0.219. The van der Waals surface area contributed by atoms with E-state index in [9.17, 15) is 14.9 Å². The van der Waals surface area contributed by atoms with E-state index in [-0.39, 0.29) is 29.7 Å². The lowest BCUT2D eigenvalue weighted by atomic mass is 9.96. The molecule has 1 aromatic heterocycles. The summed E-state index contributed by atoms with van der Waals surface area (Å²) in [5.74, 6) is 0.864. The van der Waals surface area contributed by atoms with Gasteiger partial charge in [-0.05, 0) is 62.1 Å². The highest BCUT2D eigenvalue weighted by molar-refractivity contribution is 5.94. The van der Waals surface area contributed by atoms with Crippen molar-refractivity contribution in [3.05, 3.63) is 112 Å². The smallest absolute Gasteiger partial charge is 0.408 e. The second-order valence-electron chi connectivity index (χ2n) is 12.9. The fourth-order valence-electron chi connectivity index (χ4n) is 5.38. The van der Waals surface area contributed by atoms with Crippen LogP contribution in [0.4, 0.5) is 4.79 Å². The Morgan fingerprint density at radius 1 is 1.08 bits per heavy atom. The van der Waals surface area contributed by atoms with E-state index >= 15 is 0 Å². The van der Waals surface area contributed by atoms with Crippen LogP contribution in [0.5, 0.6) is 11.5 Å². The molecule has 2 atom stereocenters. The number of rotatable bonds is 7. The average molecular weight is 649 g/mol. The molecule has 0 spiro atoms. The van der Waals surface area contributed by atoms with Crippen LogP contribution in [0.1, 0.15) is 80.3 Å². The summed E-state index contributed by atoms with van der Waals surface area (Å²) < 4.78 is 24.0. The normalized spacial score (nSPS) is 17.4. The van der Waals surface area contributed by atoms with Gasteiger partial charge in [-0.1, -0.05) is 68.4 Å². The van der Waals surface area contributed by atoms with E-state index in [1.165, 1.54) is 0 Å². The van der Waals surface area contributed by atoms with E-state index in [0.29, 0.717) is 34.8 Å². The van der Waals surface area contributed by atoms with Crippen molar-refractivity contribution in [2.75, 3.05) is 7.11 Å². The summed E-state index contributed by atoms with van der Waals surface area (Å²) in [6.45, 7) is 9.39. The monoisotopic (exact) mass is 648 g/mol. The van der Waals surface area contributed by atoms with Gasteiger partial charge in [0.1, 0.15) is 41.9 Å². The van der Waals surface area contributed by atoms with Gasteiger partial charge in [0.2, 0.25) is 11.8 Å². The standard InChI is InChI=1S/C38H40N4O6/c1-23(2)33-36-40-30(21-39)34(47-36)28(27-14-10-11-15-32(27)45-6)20-26-18-25(16-17-31(26)46-22-24-12-8-7-9-13-24)19-29(35(43)42-33)41-37(44)48-38(3,4)5/h7-18,20,23,29,33H,19,22H2,1-6H3,(H,41,44)(H,42,43)/b28-20-/t29-,33-/m0/s1. The van der Waals surface area contributed by atoms with Crippen LogP contribution in [-0.2, 0) is 22.6 Å². The van der Waals surface area contributed by atoms with Crippen molar-refractivity contribution in [2.24, 2.45) is 5.92 Å². The van der Waals surface area contributed by atoms with Gasteiger partial charge in [-0.25, -0.2) is 9.78 Å². The second kappa shape index (κ2) is 14.5. The summed E-state index contributed by atoms with van der Waals surface area (Å²) >= 11 is 0. The summed E-state index contributed by atoms with van der Waals surface area (Å²) in [4.78, 5) is 31.4. The number of hydrogen-bond acceptors (Lipinski definition) is 8. The number of carbonyl (C=O) groups excluding carboxylic acids is 2. The highest BCUT2D eigenvalue weighted by atomic mass is 16.6. The van der Waals surface area contributed by atoms with Crippen molar-refractivity contribution in [2.45, 2.75) is 65.3 Å². The zero-order valence-corrected chi connectivity index (χ0v) is 28.0. The van der Waals surface area contributed by atoms with Gasteiger partial charge in [0.05, 0.1) is 7.11 Å². The first-order valence-electron chi connectivity index (χ1n) is 15.8. The van der Waals surface area contributed by atoms with Crippen molar-refractivity contribution in [3.8, 4) is 17.6 Å². The zero-order valence-electron chi connectivity index (χ0n) is 28.0. The number of methoxy groups -OCH3 is 1. The molecule has 3 aromatic carbocycles. The number of nitrogens with zero attached hydrogens (tertiary/aromatic N) is 2. The van der Waals surface area contributed by atoms with Gasteiger partial charge in [0, 0.05) is 23.1 Å². The topological polar surface area (TPSA) is 136 Å². The summed E-state index contributed by atoms with van der Waals surface area (Å²) in [6.07, 6.45) is 1.31. The van der Waals surface area contributed by atoms with Gasteiger partial charge in [-0.3, -0.25) is 4.79 Å². The van der Waals surface area contributed by atoms with Gasteiger partial charge in [0.15, 0.2) is 11.5 Å². The van der Waals surface area contributed by atoms with Crippen molar-refractivity contribution < 1.29 is 28.2 Å². The van der Waals surface area contributed by atoms with Crippen LogP contribution < -0.4 is 20.1 Å². The average Bonchev–Trinajstić information content (AvgIpc) is 3.48. The van der Waals surface area contributed by atoms with Crippen molar-refractivity contribution in [1.82, 2.24) is 15.6 Å². The fraction of sp³-hybridized carbons (Fsp3) is 0.316. The van der Waals surface area contributed by atoms with E-state index in [1.807, 2.05) is 92.7 Å². The molecule has 2 N–H and O–H groups in total. The van der Waals surface area contributed by atoms with Gasteiger partial charge in [-0.2, -0.15) is 5.26 Å². The van der Waals surface area contributed by atoms with Gasteiger partial charge >= 0.3 is 6.09 Å². The predicted octanol–water partition coefficient (Wildman–Crippen LogP) is 6.99. The minimum Gasteiger partial charge on any atom is -0.496 e. The number of hydrogen-bond donors (Lipinski definition) is 2. The molecule has 2 heterocycles. The predicted molar refractivity (Wildman–Crippen MR) is 181 cm³/mol. The third-order valence-electron chi connectivity index (χ3n) is 7.68. The number of para-hydroxylation sites is 1. The Labute approximate surface area is 280 Å². The fourth-order valence-corrected chi connectivity index (χ4v) is 5.38. The third kappa shape index (κ3) is 8.04. The molecule has 1 aliphatic rings. The SMILES string of the molecule is COc1ccccc1/C1=C/c2cc(ccc2OCc2ccccc2)C[C@H](NC(=O)OC(C)(C)C)C(=O)N[C@@H](C(C)C)c2nc(C#N)c1o2. The van der Waals surface area contributed by atoms with E-state index in [2.05, 4.69) is 21.7 Å². The van der Waals surface area contributed by atoms with Crippen molar-refractivity contribution in [3.63, 3.8) is 0 Å². The Morgan fingerprint density at radius 2 is 1.81 bits per heavy atom. The largest absolute Gasteiger partial charge is 0.496 e.